The number of fused-ring (bicyclic) bond motifs is 1. The summed E-state index contributed by atoms with van der Waals surface area (Å²) in [7, 11) is 0. The molecule has 1 atom stereocenters. The van der Waals surface area contributed by atoms with Gasteiger partial charge in [-0.2, -0.15) is 5.10 Å². The van der Waals surface area contributed by atoms with E-state index in [1.54, 1.807) is 23.9 Å². The van der Waals surface area contributed by atoms with E-state index in [2.05, 4.69) is 5.10 Å². The molecule has 4 rings (SSSR count). The average molecular weight is 356 g/mol. The third-order valence-electron chi connectivity index (χ3n) is 3.88. The van der Waals surface area contributed by atoms with Crippen LogP contribution in [0.4, 0.5) is 5.82 Å². The Morgan fingerprint density at radius 3 is 2.71 bits per heavy atom. The van der Waals surface area contributed by atoms with E-state index < -0.39 is 0 Å². The van der Waals surface area contributed by atoms with E-state index in [9.17, 15) is 5.11 Å². The van der Waals surface area contributed by atoms with E-state index in [1.165, 1.54) is 0 Å². The number of para-hydroxylation sites is 1. The van der Waals surface area contributed by atoms with Crippen LogP contribution in [0.15, 0.2) is 59.7 Å². The van der Waals surface area contributed by atoms with Gasteiger partial charge in [0.25, 0.3) is 0 Å². The topological polar surface area (TPSA) is 50.4 Å². The first-order valence-corrected chi connectivity index (χ1v) is 8.73. The van der Waals surface area contributed by atoms with Crippen LogP contribution < -0.4 is 0 Å². The van der Waals surface area contributed by atoms with Gasteiger partial charge in [-0.3, -0.25) is 0 Å². The first-order chi connectivity index (χ1) is 11.6. The summed E-state index contributed by atoms with van der Waals surface area (Å²) >= 11 is 7.75. The number of nitrogens with zero attached hydrogens (tertiary/aromatic N) is 3. The quantitative estimate of drug-likeness (QED) is 0.694. The Labute approximate surface area is 148 Å². The van der Waals surface area contributed by atoms with Gasteiger partial charge in [-0.05, 0) is 36.8 Å². The van der Waals surface area contributed by atoms with E-state index in [1.807, 2.05) is 54.2 Å². The Morgan fingerprint density at radius 2 is 1.96 bits per heavy atom. The summed E-state index contributed by atoms with van der Waals surface area (Å²) in [6.07, 6.45) is 1.86. The highest BCUT2D eigenvalue weighted by Gasteiger charge is 2.28. The summed E-state index contributed by atoms with van der Waals surface area (Å²) in [5.74, 6) is 0.929. The number of halogens is 1. The van der Waals surface area contributed by atoms with Crippen LogP contribution in [0.2, 0.25) is 5.02 Å². The molecule has 4 nitrogen and oxygen atoms in total. The fraction of sp³-hybridized carbons (Fsp3) is 0.111. The van der Waals surface area contributed by atoms with Crippen molar-refractivity contribution in [2.24, 2.45) is 4.99 Å². The number of phenolic OH excluding ortho intramolecular Hbond substituents is 1. The molecule has 6 heteroatoms. The van der Waals surface area contributed by atoms with Crippen LogP contribution in [-0.2, 0) is 0 Å². The van der Waals surface area contributed by atoms with Gasteiger partial charge in [0, 0.05) is 5.56 Å². The number of phenols is 1. The molecule has 3 aromatic rings. The van der Waals surface area contributed by atoms with E-state index >= 15 is 0 Å². The Bertz CT molecular complexity index is 937. The monoisotopic (exact) mass is 355 g/mol. The molecule has 0 aliphatic carbocycles. The maximum absolute atomic E-state index is 9.66. The van der Waals surface area contributed by atoms with Crippen LogP contribution in [0.3, 0.4) is 0 Å². The van der Waals surface area contributed by atoms with Gasteiger partial charge in [0.2, 0.25) is 0 Å². The molecule has 0 fully saturated rings. The number of hydrogen-bond acceptors (Lipinski definition) is 4. The molecule has 1 aromatic heterocycles. The third-order valence-corrected chi connectivity index (χ3v) is 5.38. The van der Waals surface area contributed by atoms with Crippen LogP contribution in [0.5, 0.6) is 5.75 Å². The van der Waals surface area contributed by atoms with Crippen molar-refractivity contribution in [3.8, 4) is 11.4 Å². The van der Waals surface area contributed by atoms with Crippen molar-refractivity contribution >= 4 is 34.2 Å². The SMILES string of the molecule is CC1=Nc2c(cnn2-c2ccccc2)[C@H](c2ccc(O)c(Cl)c2)S1. The smallest absolute Gasteiger partial charge is 0.161 e. The van der Waals surface area contributed by atoms with Crippen molar-refractivity contribution in [3.63, 3.8) is 0 Å². The number of hydrogen-bond donors (Lipinski definition) is 1. The zero-order valence-electron chi connectivity index (χ0n) is 12.8. The number of rotatable bonds is 2. The highest BCUT2D eigenvalue weighted by atomic mass is 35.5. The number of aromatic hydroxyl groups is 1. The predicted octanol–water partition coefficient (Wildman–Crippen LogP) is 5.12. The second kappa shape index (κ2) is 6.00. The highest BCUT2D eigenvalue weighted by Crippen LogP contribution is 2.46. The van der Waals surface area contributed by atoms with Crippen molar-refractivity contribution in [2.75, 3.05) is 0 Å². The summed E-state index contributed by atoms with van der Waals surface area (Å²) in [4.78, 5) is 4.70. The zero-order chi connectivity index (χ0) is 16.7. The molecule has 120 valence electrons. The lowest BCUT2D eigenvalue weighted by atomic mass is 10.1. The molecular formula is C18H14ClN3OS. The average Bonchev–Trinajstić information content (AvgIpc) is 3.01. The molecule has 1 aliphatic heterocycles. The van der Waals surface area contributed by atoms with Crippen LogP contribution in [-0.4, -0.2) is 19.9 Å². The molecule has 0 spiro atoms. The number of aliphatic imine (C=N–C) groups is 1. The molecular weight excluding hydrogens is 342 g/mol. The molecule has 2 aromatic carbocycles. The predicted molar refractivity (Wildman–Crippen MR) is 98.9 cm³/mol. The van der Waals surface area contributed by atoms with Crippen LogP contribution in [0.1, 0.15) is 23.3 Å². The molecule has 0 saturated carbocycles. The maximum Gasteiger partial charge on any atom is 0.161 e. The summed E-state index contributed by atoms with van der Waals surface area (Å²) in [5.41, 5.74) is 3.03. The minimum atomic E-state index is 0.0491. The van der Waals surface area contributed by atoms with Gasteiger partial charge in [0.15, 0.2) is 5.82 Å². The maximum atomic E-state index is 9.66. The van der Waals surface area contributed by atoms with Crippen LogP contribution in [0, 0.1) is 0 Å². The zero-order valence-corrected chi connectivity index (χ0v) is 14.4. The molecule has 1 aliphatic rings. The fourth-order valence-electron chi connectivity index (χ4n) is 2.75. The van der Waals surface area contributed by atoms with E-state index in [0.29, 0.717) is 5.02 Å². The summed E-state index contributed by atoms with van der Waals surface area (Å²) in [6, 6.07) is 15.3. The van der Waals surface area contributed by atoms with E-state index in [-0.39, 0.29) is 11.0 Å². The largest absolute Gasteiger partial charge is 0.506 e. The number of aromatic nitrogens is 2. The lowest BCUT2D eigenvalue weighted by Crippen LogP contribution is -2.05. The van der Waals surface area contributed by atoms with Gasteiger partial charge in [-0.25, -0.2) is 9.67 Å². The molecule has 0 unspecified atom stereocenters. The fourth-order valence-corrected chi connectivity index (χ4v) is 4.00. The first kappa shape index (κ1) is 15.3. The number of thioether (sulfide) groups is 1. The van der Waals surface area contributed by atoms with Gasteiger partial charge in [0.1, 0.15) is 5.75 Å². The van der Waals surface area contributed by atoms with Gasteiger partial charge in [-0.15, -0.1) is 0 Å². The van der Waals surface area contributed by atoms with Crippen molar-refractivity contribution in [2.45, 2.75) is 12.2 Å². The Balaban J connectivity index is 1.84. The van der Waals surface area contributed by atoms with E-state index in [4.69, 9.17) is 16.6 Å². The summed E-state index contributed by atoms with van der Waals surface area (Å²) < 4.78 is 1.85. The molecule has 1 N–H and O–H groups in total. The van der Waals surface area contributed by atoms with Gasteiger partial charge >= 0.3 is 0 Å². The molecule has 0 bridgehead atoms. The van der Waals surface area contributed by atoms with Crippen molar-refractivity contribution in [1.82, 2.24) is 9.78 Å². The standard InChI is InChI=1S/C18H14ClN3OS/c1-11-21-18-14(10-20-22(18)13-5-3-2-4-6-13)17(24-11)12-7-8-16(23)15(19)9-12/h2-10,17,23H,1H3/t17-/m0/s1. The molecule has 2 heterocycles. The lowest BCUT2D eigenvalue weighted by Gasteiger charge is -2.21. The first-order valence-electron chi connectivity index (χ1n) is 7.47. The highest BCUT2D eigenvalue weighted by molar-refractivity contribution is 8.14. The van der Waals surface area contributed by atoms with E-state index in [0.717, 1.165) is 27.7 Å². The van der Waals surface area contributed by atoms with Crippen molar-refractivity contribution in [3.05, 3.63) is 70.9 Å². The third kappa shape index (κ3) is 2.60. The molecule has 24 heavy (non-hydrogen) atoms. The molecule has 0 saturated heterocycles. The normalized spacial score (nSPS) is 16.6. The second-order valence-corrected chi connectivity index (χ2v) is 7.22. The second-order valence-electron chi connectivity index (χ2n) is 5.51. The van der Waals surface area contributed by atoms with Crippen molar-refractivity contribution in [1.29, 1.82) is 0 Å². The van der Waals surface area contributed by atoms with Crippen LogP contribution >= 0.6 is 23.4 Å². The Kier molecular flexibility index (Phi) is 3.82. The van der Waals surface area contributed by atoms with Crippen molar-refractivity contribution < 1.29 is 5.11 Å². The van der Waals surface area contributed by atoms with Gasteiger partial charge in [0.05, 0.1) is 27.2 Å². The number of benzene rings is 2. The van der Waals surface area contributed by atoms with Crippen LogP contribution in [0.25, 0.3) is 5.69 Å². The molecule has 0 radical (unpaired) electrons. The van der Waals surface area contributed by atoms with Gasteiger partial charge < -0.3 is 5.11 Å². The summed E-state index contributed by atoms with van der Waals surface area (Å²) in [5, 5.41) is 15.6. The minimum Gasteiger partial charge on any atom is -0.506 e. The Hall–Kier alpha value is -2.24. The van der Waals surface area contributed by atoms with Gasteiger partial charge in [-0.1, -0.05) is 47.6 Å². The summed E-state index contributed by atoms with van der Waals surface area (Å²) in [6.45, 7) is 1.99. The molecule has 0 amide bonds. The Morgan fingerprint density at radius 1 is 1.17 bits per heavy atom. The minimum absolute atomic E-state index is 0.0491. The lowest BCUT2D eigenvalue weighted by molar-refractivity contribution is 0.475.